The number of aromatic nitrogens is 3. The lowest BCUT2D eigenvalue weighted by molar-refractivity contribution is 0.126. The molecule has 0 amide bonds. The van der Waals surface area contributed by atoms with Crippen LogP contribution in [0.1, 0.15) is 82.6 Å². The molecule has 4 rings (SSSR count). The number of nitrogens with zero attached hydrogens (tertiary/aromatic N) is 4. The van der Waals surface area contributed by atoms with Crippen LogP contribution in [0.15, 0.2) is 24.5 Å². The highest BCUT2D eigenvalue weighted by molar-refractivity contribution is 5.73. The van der Waals surface area contributed by atoms with E-state index < -0.39 is 0 Å². The molecule has 3 N–H and O–H groups in total. The molecule has 0 saturated heterocycles. The van der Waals surface area contributed by atoms with Crippen molar-refractivity contribution in [2.24, 2.45) is 5.92 Å². The average molecular weight is 481 g/mol. The van der Waals surface area contributed by atoms with Gasteiger partial charge in [-0.3, -0.25) is 4.98 Å². The summed E-state index contributed by atoms with van der Waals surface area (Å²) in [5, 5.41) is 16.9. The van der Waals surface area contributed by atoms with Gasteiger partial charge in [0.25, 0.3) is 0 Å². The highest BCUT2D eigenvalue weighted by Gasteiger charge is 2.24. The molecule has 7 heteroatoms. The zero-order valence-corrected chi connectivity index (χ0v) is 21.8. The Kier molecular flexibility index (Phi) is 9.32. The lowest BCUT2D eigenvalue weighted by atomic mass is 9.79. The van der Waals surface area contributed by atoms with Crippen molar-refractivity contribution in [1.82, 2.24) is 19.9 Å². The number of pyridine rings is 1. The van der Waals surface area contributed by atoms with E-state index in [2.05, 4.69) is 59.9 Å². The molecule has 2 fully saturated rings. The van der Waals surface area contributed by atoms with E-state index in [1.807, 2.05) is 6.20 Å². The maximum atomic E-state index is 9.90. The number of aliphatic hydroxyl groups is 1. The van der Waals surface area contributed by atoms with Gasteiger partial charge in [0.05, 0.1) is 17.4 Å². The number of aliphatic hydroxyl groups excluding tert-OH is 1. The van der Waals surface area contributed by atoms with Crippen LogP contribution in [-0.4, -0.2) is 64.3 Å². The Hall–Kier alpha value is -2.25. The van der Waals surface area contributed by atoms with Crippen LogP contribution < -0.4 is 10.6 Å². The topological polar surface area (TPSA) is 86.2 Å². The van der Waals surface area contributed by atoms with Gasteiger partial charge in [0, 0.05) is 31.5 Å². The highest BCUT2D eigenvalue weighted by Crippen LogP contribution is 2.36. The molecule has 2 heterocycles. The lowest BCUT2D eigenvalue weighted by Crippen LogP contribution is -2.29. The predicted molar refractivity (Wildman–Crippen MR) is 144 cm³/mol. The third kappa shape index (κ3) is 7.37. The second-order valence-corrected chi connectivity index (χ2v) is 10.8. The van der Waals surface area contributed by atoms with Crippen molar-refractivity contribution in [3.05, 3.63) is 30.1 Å². The standard InChI is InChI=1S/C28H44N6O/c1-4-5-16-29-28-31-18-25(27(33-28)32-23-11-13-24(35)14-12-23)26-15-10-22(17-30-26)21-8-6-20(7-9-21)19-34(2)3/h10,15,17-18,20-21,23-24,35H,4-9,11-14,16,19H2,1-3H3,(H2,29,31,32,33). The smallest absolute Gasteiger partial charge is 0.224 e. The molecule has 0 unspecified atom stereocenters. The van der Waals surface area contributed by atoms with Crippen LogP contribution in [0.5, 0.6) is 0 Å². The minimum Gasteiger partial charge on any atom is -0.393 e. The number of hydrogen-bond donors (Lipinski definition) is 3. The van der Waals surface area contributed by atoms with E-state index in [1.54, 1.807) is 0 Å². The van der Waals surface area contributed by atoms with Crippen molar-refractivity contribution in [2.45, 2.75) is 89.2 Å². The molecular weight excluding hydrogens is 436 g/mol. The van der Waals surface area contributed by atoms with Gasteiger partial charge >= 0.3 is 0 Å². The van der Waals surface area contributed by atoms with Crippen LogP contribution >= 0.6 is 0 Å². The SMILES string of the molecule is CCCCNc1ncc(-c2ccc(C3CCC(CN(C)C)CC3)cn2)c(NC2CCC(O)CC2)n1. The Morgan fingerprint density at radius 3 is 2.40 bits per heavy atom. The van der Waals surface area contributed by atoms with Crippen LogP contribution in [0.25, 0.3) is 11.3 Å². The van der Waals surface area contributed by atoms with Crippen molar-refractivity contribution in [3.63, 3.8) is 0 Å². The Morgan fingerprint density at radius 1 is 0.971 bits per heavy atom. The highest BCUT2D eigenvalue weighted by atomic mass is 16.3. The normalized spacial score (nSPS) is 24.9. The van der Waals surface area contributed by atoms with Crippen LogP contribution in [0.2, 0.25) is 0 Å². The summed E-state index contributed by atoms with van der Waals surface area (Å²) in [6.07, 6.45) is 14.7. The van der Waals surface area contributed by atoms with Crippen LogP contribution in [-0.2, 0) is 0 Å². The molecule has 0 bridgehead atoms. The average Bonchev–Trinajstić information content (AvgIpc) is 2.86. The Bertz CT molecular complexity index is 902. The van der Waals surface area contributed by atoms with Gasteiger partial charge < -0.3 is 20.6 Å². The Labute approximate surface area is 211 Å². The number of nitrogens with one attached hydrogen (secondary N) is 2. The van der Waals surface area contributed by atoms with Crippen molar-refractivity contribution < 1.29 is 5.11 Å². The largest absolute Gasteiger partial charge is 0.393 e. The number of unbranched alkanes of at least 4 members (excludes halogenated alkanes) is 1. The first-order chi connectivity index (χ1) is 17.0. The summed E-state index contributed by atoms with van der Waals surface area (Å²) in [6, 6.07) is 4.71. The first-order valence-electron chi connectivity index (χ1n) is 13.7. The quantitative estimate of drug-likeness (QED) is 0.398. The van der Waals surface area contributed by atoms with Gasteiger partial charge in [-0.1, -0.05) is 19.4 Å². The maximum absolute atomic E-state index is 9.90. The van der Waals surface area contributed by atoms with E-state index in [9.17, 15) is 5.11 Å². The van der Waals surface area contributed by atoms with E-state index in [0.29, 0.717) is 17.9 Å². The maximum Gasteiger partial charge on any atom is 0.224 e. The van der Waals surface area contributed by atoms with Crippen LogP contribution in [0.3, 0.4) is 0 Å². The fourth-order valence-electron chi connectivity index (χ4n) is 5.56. The molecule has 2 aliphatic carbocycles. The lowest BCUT2D eigenvalue weighted by Gasteiger charge is -2.30. The summed E-state index contributed by atoms with van der Waals surface area (Å²) in [5.74, 6) is 2.93. The number of hydrogen-bond acceptors (Lipinski definition) is 7. The van der Waals surface area contributed by atoms with Crippen molar-refractivity contribution in [3.8, 4) is 11.3 Å². The van der Waals surface area contributed by atoms with E-state index in [0.717, 1.165) is 68.1 Å². The van der Waals surface area contributed by atoms with E-state index in [4.69, 9.17) is 9.97 Å². The van der Waals surface area contributed by atoms with Gasteiger partial charge in [0.15, 0.2) is 0 Å². The van der Waals surface area contributed by atoms with Gasteiger partial charge in [0.1, 0.15) is 5.82 Å². The van der Waals surface area contributed by atoms with E-state index in [1.165, 1.54) is 37.8 Å². The van der Waals surface area contributed by atoms with Gasteiger partial charge in [-0.25, -0.2) is 4.98 Å². The van der Waals surface area contributed by atoms with Gasteiger partial charge in [-0.15, -0.1) is 0 Å². The molecule has 0 atom stereocenters. The monoisotopic (exact) mass is 480 g/mol. The molecule has 2 aromatic heterocycles. The third-order valence-electron chi connectivity index (χ3n) is 7.64. The van der Waals surface area contributed by atoms with Crippen LogP contribution in [0, 0.1) is 5.92 Å². The molecule has 0 aliphatic heterocycles. The first-order valence-corrected chi connectivity index (χ1v) is 13.7. The molecule has 2 aliphatic rings. The fraction of sp³-hybridized carbons (Fsp3) is 0.679. The minimum atomic E-state index is -0.170. The zero-order valence-electron chi connectivity index (χ0n) is 21.8. The molecule has 0 spiro atoms. The number of rotatable bonds is 10. The van der Waals surface area contributed by atoms with Crippen molar-refractivity contribution in [1.29, 1.82) is 0 Å². The summed E-state index contributed by atoms with van der Waals surface area (Å²) in [7, 11) is 4.35. The second-order valence-electron chi connectivity index (χ2n) is 10.8. The molecule has 2 saturated carbocycles. The molecule has 2 aromatic rings. The molecular formula is C28H44N6O. The van der Waals surface area contributed by atoms with E-state index >= 15 is 0 Å². The fourth-order valence-corrected chi connectivity index (χ4v) is 5.56. The summed E-state index contributed by atoms with van der Waals surface area (Å²) in [6.45, 7) is 4.25. The molecule has 192 valence electrons. The van der Waals surface area contributed by atoms with Crippen LogP contribution in [0.4, 0.5) is 11.8 Å². The van der Waals surface area contributed by atoms with Gasteiger partial charge in [-0.05, 0) is 95.3 Å². The molecule has 0 radical (unpaired) electrons. The minimum absolute atomic E-state index is 0.170. The third-order valence-corrected chi connectivity index (χ3v) is 7.64. The molecule has 35 heavy (non-hydrogen) atoms. The molecule has 7 nitrogen and oxygen atoms in total. The Morgan fingerprint density at radius 2 is 1.74 bits per heavy atom. The van der Waals surface area contributed by atoms with Gasteiger partial charge in [-0.2, -0.15) is 4.98 Å². The summed E-state index contributed by atoms with van der Waals surface area (Å²) >= 11 is 0. The second kappa shape index (κ2) is 12.6. The number of anilines is 2. The zero-order chi connectivity index (χ0) is 24.6. The van der Waals surface area contributed by atoms with E-state index in [-0.39, 0.29) is 6.10 Å². The first kappa shape index (κ1) is 25.8. The Balaban J connectivity index is 1.47. The van der Waals surface area contributed by atoms with Crippen molar-refractivity contribution in [2.75, 3.05) is 37.8 Å². The summed E-state index contributed by atoms with van der Waals surface area (Å²) in [4.78, 5) is 16.6. The van der Waals surface area contributed by atoms with Gasteiger partial charge in [0.2, 0.25) is 5.95 Å². The van der Waals surface area contributed by atoms with Crippen molar-refractivity contribution >= 4 is 11.8 Å². The predicted octanol–water partition coefficient (Wildman–Crippen LogP) is 5.30. The summed E-state index contributed by atoms with van der Waals surface area (Å²) < 4.78 is 0. The summed E-state index contributed by atoms with van der Waals surface area (Å²) in [5.41, 5.74) is 3.21. The molecule has 0 aromatic carbocycles.